The fraction of sp³-hybridized carbons (Fsp3) is 0.974. The van der Waals surface area contributed by atoms with E-state index in [0.717, 1.165) is 32.1 Å². The number of aliphatic hydroxyl groups excluding tert-OH is 8. The van der Waals surface area contributed by atoms with Crippen molar-refractivity contribution in [3.63, 3.8) is 0 Å². The highest BCUT2D eigenvalue weighted by Crippen LogP contribution is 2.68. The van der Waals surface area contributed by atoms with E-state index in [1.807, 2.05) is 6.92 Å². The molecule has 6 rings (SSSR count). The van der Waals surface area contributed by atoms with E-state index in [4.69, 9.17) is 18.9 Å². The normalized spacial score (nSPS) is 51.2. The monoisotopic (exact) mass is 742 g/mol. The molecule has 4 saturated carbocycles. The second kappa shape index (κ2) is 16.0. The van der Waals surface area contributed by atoms with Crippen LogP contribution < -0.4 is 0 Å². The van der Waals surface area contributed by atoms with Crippen LogP contribution in [0.1, 0.15) is 98.8 Å². The largest absolute Gasteiger partial charge is 0.396 e. The predicted octanol–water partition coefficient (Wildman–Crippen LogP) is 1.27. The van der Waals surface area contributed by atoms with Crippen LogP contribution in [0.4, 0.5) is 0 Å². The zero-order valence-corrected chi connectivity index (χ0v) is 31.6. The summed E-state index contributed by atoms with van der Waals surface area (Å²) in [7, 11) is 0. The summed E-state index contributed by atoms with van der Waals surface area (Å²) >= 11 is 0. The van der Waals surface area contributed by atoms with Gasteiger partial charge in [0.05, 0.1) is 24.9 Å². The van der Waals surface area contributed by atoms with E-state index in [0.29, 0.717) is 55.6 Å². The molecular weight excluding hydrogens is 676 g/mol. The third-order valence-corrected chi connectivity index (χ3v) is 15.2. The first kappa shape index (κ1) is 40.8. The Morgan fingerprint density at radius 1 is 0.827 bits per heavy atom. The Kier molecular flexibility index (Phi) is 12.5. The minimum atomic E-state index is -1.68. The number of carbonyl (C=O) groups is 1. The maximum absolute atomic E-state index is 12.5. The van der Waals surface area contributed by atoms with Crippen LogP contribution in [0.15, 0.2) is 0 Å². The molecule has 21 atom stereocenters. The molecule has 6 fully saturated rings. The van der Waals surface area contributed by atoms with Crippen molar-refractivity contribution in [2.45, 2.75) is 172 Å². The van der Waals surface area contributed by atoms with Crippen molar-refractivity contribution >= 4 is 5.78 Å². The third kappa shape index (κ3) is 7.29. The van der Waals surface area contributed by atoms with Gasteiger partial charge in [-0.3, -0.25) is 4.79 Å². The molecule has 0 bridgehead atoms. The number of fused-ring (bicyclic) bond motifs is 5. The molecule has 0 aromatic rings. The molecule has 2 saturated heterocycles. The molecule has 300 valence electrons. The molecule has 13 heteroatoms. The van der Waals surface area contributed by atoms with Gasteiger partial charge in [-0.15, -0.1) is 0 Å². The van der Waals surface area contributed by atoms with Gasteiger partial charge in [-0.25, -0.2) is 0 Å². The molecule has 2 heterocycles. The summed E-state index contributed by atoms with van der Waals surface area (Å²) in [4.78, 5) is 12.5. The third-order valence-electron chi connectivity index (χ3n) is 15.2. The zero-order valence-electron chi connectivity index (χ0n) is 31.6. The van der Waals surface area contributed by atoms with Gasteiger partial charge in [0, 0.05) is 19.4 Å². The van der Waals surface area contributed by atoms with Gasteiger partial charge in [-0.2, -0.15) is 0 Å². The Bertz CT molecular complexity index is 1220. The summed E-state index contributed by atoms with van der Waals surface area (Å²) in [5.74, 6) is 1.65. The second-order valence-corrected chi connectivity index (χ2v) is 18.2. The summed E-state index contributed by atoms with van der Waals surface area (Å²) in [6.45, 7) is 9.68. The van der Waals surface area contributed by atoms with Gasteiger partial charge in [0.15, 0.2) is 12.6 Å². The number of carbonyl (C=O) groups excluding carboxylic acids is 1. The Balaban J connectivity index is 1.27. The molecular formula is C39H66O13. The highest BCUT2D eigenvalue weighted by atomic mass is 16.7. The quantitative estimate of drug-likeness (QED) is 0.150. The van der Waals surface area contributed by atoms with Crippen LogP contribution >= 0.6 is 0 Å². The Morgan fingerprint density at radius 3 is 2.23 bits per heavy atom. The number of ketones is 1. The topological polar surface area (TPSA) is 216 Å². The van der Waals surface area contributed by atoms with Gasteiger partial charge in [0.25, 0.3) is 0 Å². The van der Waals surface area contributed by atoms with Crippen LogP contribution in [0.25, 0.3) is 0 Å². The van der Waals surface area contributed by atoms with Gasteiger partial charge in [-0.05, 0) is 111 Å². The Hall–Kier alpha value is -0.810. The minimum absolute atomic E-state index is 0.0455. The van der Waals surface area contributed by atoms with Gasteiger partial charge in [0.1, 0.15) is 48.5 Å². The van der Waals surface area contributed by atoms with Crippen molar-refractivity contribution in [1.82, 2.24) is 0 Å². The summed E-state index contributed by atoms with van der Waals surface area (Å²) < 4.78 is 24.4. The summed E-state index contributed by atoms with van der Waals surface area (Å²) in [5, 5.41) is 85.6. The van der Waals surface area contributed by atoms with Crippen molar-refractivity contribution in [2.75, 3.05) is 13.2 Å². The first-order valence-corrected chi connectivity index (χ1v) is 20.0. The molecule has 4 aliphatic carbocycles. The van der Waals surface area contributed by atoms with Crippen LogP contribution in [-0.4, -0.2) is 133 Å². The Morgan fingerprint density at radius 2 is 1.54 bits per heavy atom. The molecule has 6 aliphatic rings. The van der Waals surface area contributed by atoms with Crippen LogP contribution in [0.2, 0.25) is 0 Å². The fourth-order valence-electron chi connectivity index (χ4n) is 12.0. The smallest absolute Gasteiger partial charge is 0.187 e. The molecule has 2 aliphatic heterocycles. The molecule has 0 radical (unpaired) electrons. The molecule has 21 unspecified atom stereocenters. The van der Waals surface area contributed by atoms with E-state index in [9.17, 15) is 45.6 Å². The number of hydrogen-bond acceptors (Lipinski definition) is 13. The van der Waals surface area contributed by atoms with Crippen LogP contribution in [0.3, 0.4) is 0 Å². The van der Waals surface area contributed by atoms with Crippen molar-refractivity contribution in [3.05, 3.63) is 0 Å². The molecule has 0 amide bonds. The molecule has 8 N–H and O–H groups in total. The van der Waals surface area contributed by atoms with Crippen LogP contribution in [-0.2, 0) is 23.7 Å². The van der Waals surface area contributed by atoms with Gasteiger partial charge >= 0.3 is 0 Å². The van der Waals surface area contributed by atoms with E-state index >= 15 is 0 Å². The molecule has 52 heavy (non-hydrogen) atoms. The van der Waals surface area contributed by atoms with Gasteiger partial charge in [-0.1, -0.05) is 27.7 Å². The lowest BCUT2D eigenvalue weighted by atomic mass is 9.44. The molecule has 0 spiro atoms. The van der Waals surface area contributed by atoms with Crippen LogP contribution in [0.5, 0.6) is 0 Å². The van der Waals surface area contributed by atoms with E-state index in [-0.39, 0.29) is 41.1 Å². The number of ether oxygens (including phenoxy) is 4. The van der Waals surface area contributed by atoms with Crippen molar-refractivity contribution in [1.29, 1.82) is 0 Å². The average Bonchev–Trinajstić information content (AvgIpc) is 3.42. The molecule has 0 aromatic heterocycles. The average molecular weight is 743 g/mol. The molecule has 13 nitrogen and oxygen atoms in total. The fourth-order valence-corrected chi connectivity index (χ4v) is 12.0. The predicted molar refractivity (Wildman–Crippen MR) is 186 cm³/mol. The van der Waals surface area contributed by atoms with E-state index in [1.165, 1.54) is 6.92 Å². The lowest BCUT2D eigenvalue weighted by Crippen LogP contribution is -2.64. The van der Waals surface area contributed by atoms with Crippen molar-refractivity contribution < 1.29 is 64.6 Å². The number of hydrogen-bond donors (Lipinski definition) is 8. The van der Waals surface area contributed by atoms with E-state index < -0.39 is 80.2 Å². The standard InChI is InChI=1S/C39H66O13/c1-18(16-40)6-9-26(43)19(2)29-27(15-25-23-8-7-21-14-22(42)10-12-38(21,4)24(23)11-13-39(25,29)5)50-37-34(48)35(31(45)28(17-41)51-37)52-36-33(47)32(46)30(44)20(3)49-36/h18-21,23-37,40-41,43-48H,6-17H2,1-5H3. The van der Waals surface area contributed by atoms with E-state index in [2.05, 4.69) is 20.8 Å². The van der Waals surface area contributed by atoms with Crippen molar-refractivity contribution in [3.8, 4) is 0 Å². The molecule has 0 aromatic carbocycles. The Labute approximate surface area is 308 Å². The summed E-state index contributed by atoms with van der Waals surface area (Å²) in [6, 6.07) is 0. The maximum Gasteiger partial charge on any atom is 0.187 e. The lowest BCUT2D eigenvalue weighted by molar-refractivity contribution is -0.362. The van der Waals surface area contributed by atoms with E-state index in [1.54, 1.807) is 0 Å². The summed E-state index contributed by atoms with van der Waals surface area (Å²) in [6.07, 6.45) is -7.18. The van der Waals surface area contributed by atoms with Crippen molar-refractivity contribution in [2.24, 2.45) is 52.3 Å². The first-order chi connectivity index (χ1) is 24.5. The highest BCUT2D eigenvalue weighted by molar-refractivity contribution is 5.79. The first-order valence-electron chi connectivity index (χ1n) is 20.0. The second-order valence-electron chi connectivity index (χ2n) is 18.2. The number of rotatable bonds is 11. The van der Waals surface area contributed by atoms with Gasteiger partial charge < -0.3 is 59.8 Å². The number of aliphatic hydroxyl groups is 8. The van der Waals surface area contributed by atoms with Gasteiger partial charge in [0.2, 0.25) is 0 Å². The lowest BCUT2D eigenvalue weighted by Gasteiger charge is -2.60. The van der Waals surface area contributed by atoms with Crippen LogP contribution in [0, 0.1) is 52.3 Å². The SMILES string of the molecule is CC(CO)CCC(O)C(C)C1C(OC2OC(CO)C(O)C(OC3OC(C)C(O)C(O)C3O)C2O)CC2C3CCC4CC(=O)CCC4(C)C3CCC21C. The minimum Gasteiger partial charge on any atom is -0.396 e. The maximum atomic E-state index is 12.5. The highest BCUT2D eigenvalue weighted by Gasteiger charge is 2.64. The summed E-state index contributed by atoms with van der Waals surface area (Å²) in [5.41, 5.74) is -0.107. The zero-order chi connectivity index (χ0) is 37.9. The number of Topliss-reactive ketones (excluding diaryl/α,β-unsaturated/α-hetero) is 1.